The lowest BCUT2D eigenvalue weighted by molar-refractivity contribution is 0.319. The number of hydrogen-bond acceptors (Lipinski definition) is 6. The molecule has 0 heterocycles. The first-order valence-corrected chi connectivity index (χ1v) is 6.79. The molecule has 1 aromatic carbocycles. The molecule has 0 spiro atoms. The van der Waals surface area contributed by atoms with Crippen molar-refractivity contribution in [2.75, 3.05) is 0 Å². The lowest BCUT2D eigenvalue weighted by atomic mass is 10.1. The van der Waals surface area contributed by atoms with Crippen molar-refractivity contribution < 1.29 is 25.2 Å². The van der Waals surface area contributed by atoms with Crippen LogP contribution in [0.2, 0.25) is 0 Å². The Balaban J connectivity index is 3.14. The van der Waals surface area contributed by atoms with Gasteiger partial charge in [-0.05, 0) is 25.5 Å². The van der Waals surface area contributed by atoms with E-state index in [2.05, 4.69) is 8.37 Å². The number of aryl methyl sites for hydroxylation is 2. The Kier molecular flexibility index (Phi) is 4.91. The SMILES string of the molecule is Cc1cc(C)c(O[SH](=O)=O)c(CO[SH](=O)=O)c1. The number of rotatable bonds is 5. The second kappa shape index (κ2) is 5.99. The van der Waals surface area contributed by atoms with Crippen molar-refractivity contribution in [2.45, 2.75) is 20.5 Å². The third-order valence-electron chi connectivity index (χ3n) is 1.99. The van der Waals surface area contributed by atoms with Gasteiger partial charge in [-0.1, -0.05) is 11.6 Å². The molecule has 0 aromatic heterocycles. The molecule has 0 N–H and O–H groups in total. The molecule has 8 heteroatoms. The van der Waals surface area contributed by atoms with Crippen LogP contribution in [-0.4, -0.2) is 16.8 Å². The number of thiol groups is 2. The van der Waals surface area contributed by atoms with E-state index >= 15 is 0 Å². The Morgan fingerprint density at radius 1 is 1.06 bits per heavy atom. The van der Waals surface area contributed by atoms with Crippen LogP contribution in [0.4, 0.5) is 0 Å². The van der Waals surface area contributed by atoms with Crippen LogP contribution in [0.1, 0.15) is 16.7 Å². The van der Waals surface area contributed by atoms with E-state index < -0.39 is 22.0 Å². The second-order valence-electron chi connectivity index (χ2n) is 3.38. The molecule has 1 rings (SSSR count). The molecule has 0 saturated carbocycles. The summed E-state index contributed by atoms with van der Waals surface area (Å²) in [5, 5.41) is 0. The van der Waals surface area contributed by atoms with Gasteiger partial charge in [0.1, 0.15) is 0 Å². The van der Waals surface area contributed by atoms with Gasteiger partial charge >= 0.3 is 0 Å². The number of benzene rings is 1. The molecule has 6 nitrogen and oxygen atoms in total. The molecule has 0 atom stereocenters. The fraction of sp³-hybridized carbons (Fsp3) is 0.333. The van der Waals surface area contributed by atoms with Crippen molar-refractivity contribution in [3.63, 3.8) is 0 Å². The third-order valence-corrected chi connectivity index (χ3v) is 2.66. The molecule has 0 aliphatic carbocycles. The van der Waals surface area contributed by atoms with Gasteiger partial charge in [0.2, 0.25) is 0 Å². The van der Waals surface area contributed by atoms with Gasteiger partial charge in [-0.2, -0.15) is 8.42 Å². The highest BCUT2D eigenvalue weighted by Gasteiger charge is 2.10. The van der Waals surface area contributed by atoms with Gasteiger partial charge in [-0.15, -0.1) is 0 Å². The van der Waals surface area contributed by atoms with E-state index in [-0.39, 0.29) is 12.4 Å². The molecular weight excluding hydrogens is 268 g/mol. The van der Waals surface area contributed by atoms with Crippen molar-refractivity contribution in [3.05, 3.63) is 28.8 Å². The highest BCUT2D eigenvalue weighted by molar-refractivity contribution is 7.67. The standard InChI is InChI=1S/C9H12O6S2/c1-6-3-7(2)9(15-17(12)13)8(4-6)5-14-16(10)11/h3-4,16-17H,5H2,1-2H3. The summed E-state index contributed by atoms with van der Waals surface area (Å²) in [7, 11) is -6.03. The zero-order valence-electron chi connectivity index (χ0n) is 9.21. The van der Waals surface area contributed by atoms with Gasteiger partial charge in [0.25, 0.3) is 22.0 Å². The average Bonchev–Trinajstić information content (AvgIpc) is 2.18. The van der Waals surface area contributed by atoms with Crippen molar-refractivity contribution >= 4 is 22.0 Å². The van der Waals surface area contributed by atoms with Crippen LogP contribution in [0.3, 0.4) is 0 Å². The quantitative estimate of drug-likeness (QED) is 0.752. The van der Waals surface area contributed by atoms with E-state index in [1.165, 1.54) is 0 Å². The Morgan fingerprint density at radius 3 is 2.24 bits per heavy atom. The summed E-state index contributed by atoms with van der Waals surface area (Å²) in [5.74, 6) is 0.114. The van der Waals surface area contributed by atoms with E-state index in [0.29, 0.717) is 11.1 Å². The van der Waals surface area contributed by atoms with E-state index in [1.54, 1.807) is 26.0 Å². The monoisotopic (exact) mass is 280 g/mol. The number of hydrogen-bond donors (Lipinski definition) is 2. The third kappa shape index (κ3) is 4.33. The summed E-state index contributed by atoms with van der Waals surface area (Å²) in [4.78, 5) is 0. The van der Waals surface area contributed by atoms with Crippen LogP contribution in [0, 0.1) is 13.8 Å². The molecule has 0 aliphatic rings. The van der Waals surface area contributed by atoms with E-state index in [1.807, 2.05) is 0 Å². The normalized spacial score (nSPS) is 11.1. The molecule has 0 amide bonds. The zero-order chi connectivity index (χ0) is 13.0. The van der Waals surface area contributed by atoms with E-state index in [0.717, 1.165) is 5.56 Å². The molecule has 0 fully saturated rings. The maximum absolute atomic E-state index is 10.6. The van der Waals surface area contributed by atoms with Crippen LogP contribution < -0.4 is 4.18 Å². The Labute approximate surface area is 102 Å². The van der Waals surface area contributed by atoms with E-state index in [4.69, 9.17) is 0 Å². The fourth-order valence-corrected chi connectivity index (χ4v) is 2.13. The summed E-state index contributed by atoms with van der Waals surface area (Å²) in [6.45, 7) is 3.22. The van der Waals surface area contributed by atoms with Gasteiger partial charge in [0.15, 0.2) is 5.75 Å². The van der Waals surface area contributed by atoms with Crippen molar-refractivity contribution in [1.29, 1.82) is 0 Å². The van der Waals surface area contributed by atoms with E-state index in [9.17, 15) is 16.8 Å². The zero-order valence-corrected chi connectivity index (χ0v) is 11.0. The molecule has 0 bridgehead atoms. The van der Waals surface area contributed by atoms with Crippen LogP contribution in [0.5, 0.6) is 5.75 Å². The summed E-state index contributed by atoms with van der Waals surface area (Å²) in [6, 6.07) is 3.34. The smallest absolute Gasteiger partial charge is 0.299 e. The van der Waals surface area contributed by atoms with Gasteiger partial charge < -0.3 is 4.18 Å². The van der Waals surface area contributed by atoms with Crippen molar-refractivity contribution in [3.8, 4) is 5.75 Å². The Morgan fingerprint density at radius 2 is 1.71 bits per heavy atom. The largest absolute Gasteiger partial charge is 0.384 e. The first-order valence-electron chi connectivity index (χ1n) is 4.60. The van der Waals surface area contributed by atoms with Crippen molar-refractivity contribution in [2.24, 2.45) is 0 Å². The molecule has 0 aliphatic heterocycles. The predicted molar refractivity (Wildman–Crippen MR) is 62.0 cm³/mol. The topological polar surface area (TPSA) is 86.7 Å². The maximum Gasteiger partial charge on any atom is 0.299 e. The van der Waals surface area contributed by atoms with Crippen molar-refractivity contribution in [1.82, 2.24) is 0 Å². The lowest BCUT2D eigenvalue weighted by Gasteiger charge is -2.10. The van der Waals surface area contributed by atoms with Gasteiger partial charge in [0, 0.05) is 5.56 Å². The summed E-state index contributed by atoms with van der Waals surface area (Å²) in [5.41, 5.74) is 1.83. The predicted octanol–water partition coefficient (Wildman–Crippen LogP) is 0.252. The highest BCUT2D eigenvalue weighted by atomic mass is 32.2. The Hall–Kier alpha value is -1.12. The van der Waals surface area contributed by atoms with Crippen LogP contribution in [-0.2, 0) is 32.8 Å². The molecule has 0 saturated heterocycles. The lowest BCUT2D eigenvalue weighted by Crippen LogP contribution is -2.01. The summed E-state index contributed by atoms with van der Waals surface area (Å²) >= 11 is 0. The molecular formula is C9H12O6S2. The second-order valence-corrected chi connectivity index (χ2v) is 4.72. The summed E-state index contributed by atoms with van der Waals surface area (Å²) in [6.07, 6.45) is 0. The van der Waals surface area contributed by atoms with Gasteiger partial charge in [-0.3, -0.25) is 4.18 Å². The highest BCUT2D eigenvalue weighted by Crippen LogP contribution is 2.26. The minimum atomic E-state index is -3.05. The fourth-order valence-electron chi connectivity index (χ4n) is 1.48. The maximum atomic E-state index is 10.6. The molecule has 96 valence electrons. The van der Waals surface area contributed by atoms with Crippen LogP contribution in [0.25, 0.3) is 0 Å². The Bertz CT molecular complexity index is 543. The first-order chi connectivity index (χ1) is 7.90. The molecule has 1 aromatic rings. The molecule has 0 radical (unpaired) electrons. The van der Waals surface area contributed by atoms with Crippen LogP contribution >= 0.6 is 0 Å². The van der Waals surface area contributed by atoms with Gasteiger partial charge in [0.05, 0.1) is 6.61 Å². The minimum absolute atomic E-state index is 0.114. The minimum Gasteiger partial charge on any atom is -0.384 e. The van der Waals surface area contributed by atoms with Crippen LogP contribution in [0.15, 0.2) is 12.1 Å². The van der Waals surface area contributed by atoms with Gasteiger partial charge in [-0.25, -0.2) is 8.42 Å². The average molecular weight is 280 g/mol. The molecule has 0 unspecified atom stereocenters. The molecule has 17 heavy (non-hydrogen) atoms. The first kappa shape index (κ1) is 13.9. The summed E-state index contributed by atoms with van der Waals surface area (Å²) < 4.78 is 50.8.